The van der Waals surface area contributed by atoms with Crippen molar-refractivity contribution < 1.29 is 79.8 Å². The van der Waals surface area contributed by atoms with E-state index in [1.54, 1.807) is 0 Å². The predicted molar refractivity (Wildman–Crippen MR) is 70.8 cm³/mol. The molecular formula is C14H10F16O2. The predicted octanol–water partition coefficient (Wildman–Crippen LogP) is 6.56. The third kappa shape index (κ3) is 5.90. The van der Waals surface area contributed by atoms with E-state index in [-0.39, 0.29) is 6.92 Å². The zero-order valence-electron chi connectivity index (χ0n) is 15.1. The summed E-state index contributed by atoms with van der Waals surface area (Å²) in [7, 11) is 0. The third-order valence-electron chi connectivity index (χ3n) is 3.63. The molecule has 0 bridgehead atoms. The van der Waals surface area contributed by atoms with Gasteiger partial charge in [-0.2, -0.15) is 70.2 Å². The van der Waals surface area contributed by atoms with E-state index in [4.69, 9.17) is 0 Å². The molecule has 0 radical (unpaired) electrons. The van der Waals surface area contributed by atoms with Crippen LogP contribution in [-0.2, 0) is 9.53 Å². The SMILES string of the molecule is CCC(F)(F)C(F)(F)C(F)(F)C(F)(F)C(F)(F)CCOC(=O)/C(=C\C(F)(F)F)C(F)(F)F. The molecule has 0 rings (SSSR count). The van der Waals surface area contributed by atoms with Crippen molar-refractivity contribution in [1.82, 2.24) is 0 Å². The van der Waals surface area contributed by atoms with Crippen molar-refractivity contribution in [2.24, 2.45) is 0 Å². The van der Waals surface area contributed by atoms with Gasteiger partial charge in [-0.25, -0.2) is 4.79 Å². The monoisotopic (exact) mass is 514 g/mol. The van der Waals surface area contributed by atoms with Crippen LogP contribution in [0, 0.1) is 0 Å². The minimum Gasteiger partial charge on any atom is -0.462 e. The van der Waals surface area contributed by atoms with Crippen LogP contribution in [0.4, 0.5) is 70.2 Å². The van der Waals surface area contributed by atoms with Gasteiger partial charge >= 0.3 is 47.9 Å². The molecule has 2 nitrogen and oxygen atoms in total. The van der Waals surface area contributed by atoms with Gasteiger partial charge in [0.1, 0.15) is 5.57 Å². The van der Waals surface area contributed by atoms with Gasteiger partial charge < -0.3 is 4.74 Å². The average Bonchev–Trinajstić information content (AvgIpc) is 2.56. The Morgan fingerprint density at radius 3 is 1.44 bits per heavy atom. The minimum absolute atomic E-state index is 0.131. The first-order valence-electron chi connectivity index (χ1n) is 7.71. The van der Waals surface area contributed by atoms with Crippen molar-refractivity contribution in [2.75, 3.05) is 6.61 Å². The average molecular weight is 514 g/mol. The molecule has 0 aliphatic rings. The van der Waals surface area contributed by atoms with E-state index in [0.717, 1.165) is 0 Å². The van der Waals surface area contributed by atoms with Crippen LogP contribution in [-0.4, -0.2) is 54.5 Å². The zero-order valence-corrected chi connectivity index (χ0v) is 15.1. The van der Waals surface area contributed by atoms with E-state index in [0.29, 0.717) is 0 Å². The number of esters is 1. The number of allylic oxidation sites excluding steroid dienone is 1. The molecule has 0 spiro atoms. The molecule has 18 heteroatoms. The van der Waals surface area contributed by atoms with Gasteiger partial charge in [0.05, 0.1) is 13.0 Å². The fourth-order valence-electron chi connectivity index (χ4n) is 1.81. The van der Waals surface area contributed by atoms with Crippen LogP contribution in [0.2, 0.25) is 0 Å². The van der Waals surface area contributed by atoms with Crippen LogP contribution in [0.25, 0.3) is 0 Å². The molecule has 0 saturated carbocycles. The molecule has 0 aromatic heterocycles. The van der Waals surface area contributed by atoms with Gasteiger partial charge in [0, 0.05) is 12.5 Å². The van der Waals surface area contributed by atoms with Gasteiger partial charge in [-0.05, 0) is 0 Å². The van der Waals surface area contributed by atoms with Crippen molar-refractivity contribution in [3.63, 3.8) is 0 Å². The topological polar surface area (TPSA) is 26.3 Å². The first kappa shape index (κ1) is 30.1. The van der Waals surface area contributed by atoms with Crippen LogP contribution in [0.1, 0.15) is 19.8 Å². The summed E-state index contributed by atoms with van der Waals surface area (Å²) in [5, 5.41) is 0. The summed E-state index contributed by atoms with van der Waals surface area (Å²) in [6.45, 7) is -2.29. The fourth-order valence-corrected chi connectivity index (χ4v) is 1.81. The molecule has 190 valence electrons. The second kappa shape index (κ2) is 8.79. The Morgan fingerprint density at radius 2 is 1.09 bits per heavy atom. The summed E-state index contributed by atoms with van der Waals surface area (Å²) in [5.41, 5.74) is -3.15. The number of carbonyl (C=O) groups excluding carboxylic acids is 1. The second-order valence-electron chi connectivity index (χ2n) is 5.97. The number of hydrogen-bond acceptors (Lipinski definition) is 2. The number of rotatable bonds is 9. The lowest BCUT2D eigenvalue weighted by molar-refractivity contribution is -0.402. The Bertz CT molecular complexity index is 701. The van der Waals surface area contributed by atoms with Crippen molar-refractivity contribution in [2.45, 2.75) is 61.7 Å². The molecule has 0 amide bonds. The maximum Gasteiger partial charge on any atom is 0.423 e. The van der Waals surface area contributed by atoms with Crippen molar-refractivity contribution in [3.05, 3.63) is 11.6 Å². The Labute approximate surface area is 167 Å². The number of ether oxygens (including phenoxy) is 1. The second-order valence-corrected chi connectivity index (χ2v) is 5.97. The lowest BCUT2D eigenvalue weighted by atomic mass is 9.92. The minimum atomic E-state index is -7.43. The molecule has 0 N–H and O–H groups in total. The fraction of sp³-hybridized carbons (Fsp3) is 0.786. The molecule has 0 fully saturated rings. The van der Waals surface area contributed by atoms with Crippen LogP contribution in [0.15, 0.2) is 11.6 Å². The Balaban J connectivity index is 5.72. The maximum atomic E-state index is 13.5. The first-order chi connectivity index (χ1) is 13.8. The number of alkyl halides is 16. The van der Waals surface area contributed by atoms with Gasteiger partial charge in [0.15, 0.2) is 0 Å². The van der Waals surface area contributed by atoms with Crippen LogP contribution >= 0.6 is 0 Å². The van der Waals surface area contributed by atoms with Gasteiger partial charge in [0.2, 0.25) is 0 Å². The molecule has 0 atom stereocenters. The lowest BCUT2D eigenvalue weighted by Gasteiger charge is -2.39. The highest BCUT2D eigenvalue weighted by molar-refractivity contribution is 5.90. The van der Waals surface area contributed by atoms with Gasteiger partial charge in [0.25, 0.3) is 0 Å². The smallest absolute Gasteiger partial charge is 0.423 e. The highest BCUT2D eigenvalue weighted by Gasteiger charge is 2.85. The molecule has 0 heterocycles. The summed E-state index contributed by atoms with van der Waals surface area (Å²) in [5.74, 6) is -37.1. The van der Waals surface area contributed by atoms with Gasteiger partial charge in [-0.1, -0.05) is 6.92 Å². The molecule has 0 aliphatic carbocycles. The van der Waals surface area contributed by atoms with E-state index in [1.165, 1.54) is 0 Å². The molecular weight excluding hydrogens is 504 g/mol. The van der Waals surface area contributed by atoms with Crippen LogP contribution in [0.5, 0.6) is 0 Å². The maximum absolute atomic E-state index is 13.5. The normalized spacial score (nSPS) is 15.7. The summed E-state index contributed by atoms with van der Waals surface area (Å²) >= 11 is 0. The summed E-state index contributed by atoms with van der Waals surface area (Å²) in [6.07, 6.45) is -18.7. The van der Waals surface area contributed by atoms with Crippen molar-refractivity contribution in [3.8, 4) is 0 Å². The largest absolute Gasteiger partial charge is 0.462 e. The van der Waals surface area contributed by atoms with E-state index in [2.05, 4.69) is 4.74 Å². The molecule has 32 heavy (non-hydrogen) atoms. The summed E-state index contributed by atoms with van der Waals surface area (Å²) in [4.78, 5) is 11.0. The summed E-state index contributed by atoms with van der Waals surface area (Å²) < 4.78 is 209. The van der Waals surface area contributed by atoms with Crippen molar-refractivity contribution in [1.29, 1.82) is 0 Å². The molecule has 0 saturated heterocycles. The Kier molecular flexibility index (Phi) is 8.27. The van der Waals surface area contributed by atoms with E-state index >= 15 is 0 Å². The van der Waals surface area contributed by atoms with E-state index in [1.807, 2.05) is 0 Å². The highest BCUT2D eigenvalue weighted by Crippen LogP contribution is 2.58. The molecule has 0 unspecified atom stereocenters. The summed E-state index contributed by atoms with van der Waals surface area (Å²) in [6, 6.07) is 0. The lowest BCUT2D eigenvalue weighted by Crippen LogP contribution is -2.67. The quantitative estimate of drug-likeness (QED) is 0.198. The first-order valence-corrected chi connectivity index (χ1v) is 7.71. The van der Waals surface area contributed by atoms with Gasteiger partial charge in [-0.15, -0.1) is 0 Å². The number of carbonyl (C=O) groups is 1. The third-order valence-corrected chi connectivity index (χ3v) is 3.63. The Hall–Kier alpha value is -1.91. The highest BCUT2D eigenvalue weighted by atomic mass is 19.4. The van der Waals surface area contributed by atoms with Crippen LogP contribution in [0.3, 0.4) is 0 Å². The zero-order chi connectivity index (χ0) is 26.2. The van der Waals surface area contributed by atoms with E-state index < -0.39 is 79.0 Å². The standard InChI is InChI=1S/C14H10F16O2/c1-2-8(15,16)12(25,26)14(29,30)13(27,28)9(17,18)3-4-32-7(31)6(11(22,23)24)5-10(19,20)21/h5H,2-4H2,1H3/b6-5+. The van der Waals surface area contributed by atoms with Crippen molar-refractivity contribution >= 4 is 5.97 Å². The van der Waals surface area contributed by atoms with E-state index in [9.17, 15) is 75.0 Å². The Morgan fingerprint density at radius 1 is 0.688 bits per heavy atom. The molecule has 0 aromatic rings. The molecule has 0 aromatic carbocycles. The molecule has 0 aliphatic heterocycles. The van der Waals surface area contributed by atoms with Crippen LogP contribution < -0.4 is 0 Å². The number of halogens is 16. The van der Waals surface area contributed by atoms with Gasteiger partial charge in [-0.3, -0.25) is 0 Å². The number of hydrogen-bond donors (Lipinski definition) is 0.